The molecule has 0 saturated heterocycles. The average molecular weight is 208 g/mol. The minimum absolute atomic E-state index is 0.612. The van der Waals surface area contributed by atoms with E-state index in [9.17, 15) is 0 Å². The number of ether oxygens (including phenoxy) is 1. The van der Waals surface area contributed by atoms with Gasteiger partial charge in [0.1, 0.15) is 11.5 Å². The average Bonchev–Trinajstić information content (AvgIpc) is 2.33. The van der Waals surface area contributed by atoms with E-state index in [0.717, 1.165) is 17.1 Å². The van der Waals surface area contributed by atoms with Crippen molar-refractivity contribution in [1.82, 2.24) is 0 Å². The molecular formula is C14H10NO. The first-order valence-corrected chi connectivity index (χ1v) is 4.85. The molecule has 2 aromatic carbocycles. The van der Waals surface area contributed by atoms with Gasteiger partial charge in [0.15, 0.2) is 5.69 Å². The summed E-state index contributed by atoms with van der Waals surface area (Å²) in [6.45, 7) is 10.6. The number of rotatable bonds is 2. The number of hydrogen-bond donors (Lipinski definition) is 0. The van der Waals surface area contributed by atoms with Gasteiger partial charge in [0.25, 0.3) is 0 Å². The number of benzene rings is 2. The third-order valence-corrected chi connectivity index (χ3v) is 2.12. The predicted molar refractivity (Wildman–Crippen MR) is 63.7 cm³/mol. The first kappa shape index (κ1) is 10.3. The molecule has 0 unspecified atom stereocenters. The van der Waals surface area contributed by atoms with Crippen LogP contribution in [0.15, 0.2) is 48.5 Å². The van der Waals surface area contributed by atoms with E-state index in [1.54, 1.807) is 24.3 Å². The molecule has 1 radical (unpaired) electrons. The highest BCUT2D eigenvalue weighted by atomic mass is 16.5. The molecule has 0 bridgehead atoms. The Morgan fingerprint density at radius 3 is 1.88 bits per heavy atom. The maximum Gasteiger partial charge on any atom is 0.187 e. The van der Waals surface area contributed by atoms with Gasteiger partial charge in [0.05, 0.1) is 6.57 Å². The molecule has 0 spiro atoms. The van der Waals surface area contributed by atoms with Crippen LogP contribution >= 0.6 is 0 Å². The van der Waals surface area contributed by atoms with Crippen molar-refractivity contribution in [3.05, 3.63) is 72.4 Å². The third-order valence-electron chi connectivity index (χ3n) is 2.12. The number of nitrogens with zero attached hydrogens (tertiary/aromatic N) is 1. The van der Waals surface area contributed by atoms with Gasteiger partial charge in [-0.15, -0.1) is 0 Å². The summed E-state index contributed by atoms with van der Waals surface area (Å²) in [6.07, 6.45) is 0. The zero-order valence-electron chi connectivity index (χ0n) is 8.68. The lowest BCUT2D eigenvalue weighted by Crippen LogP contribution is -1.83. The molecule has 0 N–H and O–H groups in total. The Morgan fingerprint density at radius 2 is 1.38 bits per heavy atom. The molecule has 0 aromatic heterocycles. The second-order valence-electron chi connectivity index (χ2n) is 3.35. The van der Waals surface area contributed by atoms with Crippen molar-refractivity contribution >= 4 is 5.69 Å². The maximum atomic E-state index is 6.84. The third kappa shape index (κ3) is 2.40. The maximum absolute atomic E-state index is 6.84. The molecule has 0 aliphatic carbocycles. The summed E-state index contributed by atoms with van der Waals surface area (Å²) in [5, 5.41) is 0. The summed E-state index contributed by atoms with van der Waals surface area (Å²) in [7, 11) is 0. The van der Waals surface area contributed by atoms with Crippen LogP contribution < -0.4 is 4.74 Å². The van der Waals surface area contributed by atoms with Gasteiger partial charge in [-0.05, 0) is 36.8 Å². The van der Waals surface area contributed by atoms with E-state index in [4.69, 9.17) is 11.3 Å². The van der Waals surface area contributed by atoms with Crippen LogP contribution in [0.25, 0.3) is 4.85 Å². The van der Waals surface area contributed by atoms with Gasteiger partial charge in [0.2, 0.25) is 0 Å². The minimum atomic E-state index is 0.612. The zero-order valence-corrected chi connectivity index (χ0v) is 8.68. The fourth-order valence-electron chi connectivity index (χ4n) is 1.28. The van der Waals surface area contributed by atoms with Crippen LogP contribution in [0.1, 0.15) is 5.56 Å². The molecule has 0 atom stereocenters. The lowest BCUT2D eigenvalue weighted by molar-refractivity contribution is 0.483. The molecule has 2 aromatic rings. The molecule has 0 aliphatic rings. The van der Waals surface area contributed by atoms with E-state index in [2.05, 4.69) is 11.8 Å². The number of hydrogen-bond acceptors (Lipinski definition) is 1. The molecular weight excluding hydrogens is 198 g/mol. The fraction of sp³-hybridized carbons (Fsp3) is 0. The highest BCUT2D eigenvalue weighted by molar-refractivity contribution is 5.47. The van der Waals surface area contributed by atoms with Gasteiger partial charge in [-0.2, -0.15) is 0 Å². The van der Waals surface area contributed by atoms with Crippen LogP contribution in [0.5, 0.6) is 11.5 Å². The van der Waals surface area contributed by atoms with E-state index >= 15 is 0 Å². The molecule has 2 rings (SSSR count). The predicted octanol–water partition coefficient (Wildman–Crippen LogP) is 4.21. The highest BCUT2D eigenvalue weighted by Gasteiger charge is 1.97. The molecule has 0 aliphatic heterocycles. The van der Waals surface area contributed by atoms with Crippen LogP contribution in [0.3, 0.4) is 0 Å². The summed E-state index contributed by atoms with van der Waals surface area (Å²) in [5.74, 6) is 1.49. The van der Waals surface area contributed by atoms with Crippen molar-refractivity contribution in [3.63, 3.8) is 0 Å². The van der Waals surface area contributed by atoms with Gasteiger partial charge < -0.3 is 4.74 Å². The lowest BCUT2D eigenvalue weighted by Gasteiger charge is -2.05. The molecule has 0 heterocycles. The SMILES string of the molecule is [C-]#[N+]c1ccc(Oc2ccc([CH2])cc2)cc1. The summed E-state index contributed by atoms with van der Waals surface area (Å²) < 4.78 is 5.60. The standard InChI is InChI=1S/C14H10NO/c1-11-3-7-13(8-4-11)16-14-9-5-12(15-2)6-10-14/h3-10H,1H2. The molecule has 2 nitrogen and oxygen atoms in total. The Hall–Kier alpha value is -2.27. The summed E-state index contributed by atoms with van der Waals surface area (Å²) in [5.41, 5.74) is 1.57. The van der Waals surface area contributed by atoms with E-state index in [-0.39, 0.29) is 0 Å². The van der Waals surface area contributed by atoms with Gasteiger partial charge in [-0.3, -0.25) is 0 Å². The molecule has 0 amide bonds. The second kappa shape index (κ2) is 4.50. The van der Waals surface area contributed by atoms with Crippen LogP contribution in [0.4, 0.5) is 5.69 Å². The quantitative estimate of drug-likeness (QED) is 0.674. The molecule has 0 saturated carbocycles. The van der Waals surface area contributed by atoms with E-state index in [1.807, 2.05) is 24.3 Å². The summed E-state index contributed by atoms with van der Waals surface area (Å²) >= 11 is 0. The van der Waals surface area contributed by atoms with Crippen molar-refractivity contribution < 1.29 is 4.74 Å². The smallest absolute Gasteiger partial charge is 0.187 e. The molecule has 77 valence electrons. The van der Waals surface area contributed by atoms with Crippen LogP contribution in [0, 0.1) is 13.5 Å². The normalized spacial score (nSPS) is 9.50. The highest BCUT2D eigenvalue weighted by Crippen LogP contribution is 2.23. The van der Waals surface area contributed by atoms with Crippen LogP contribution in [0.2, 0.25) is 0 Å². The van der Waals surface area contributed by atoms with Gasteiger partial charge >= 0.3 is 0 Å². The topological polar surface area (TPSA) is 13.6 Å². The van der Waals surface area contributed by atoms with Gasteiger partial charge in [0, 0.05) is 0 Å². The molecule has 16 heavy (non-hydrogen) atoms. The fourth-order valence-corrected chi connectivity index (χ4v) is 1.28. The van der Waals surface area contributed by atoms with Gasteiger partial charge in [-0.25, -0.2) is 4.85 Å². The van der Waals surface area contributed by atoms with Crippen LogP contribution in [-0.4, -0.2) is 0 Å². The van der Waals surface area contributed by atoms with E-state index < -0.39 is 0 Å². The first-order chi connectivity index (χ1) is 7.78. The Kier molecular flexibility index (Phi) is 2.88. The summed E-state index contributed by atoms with van der Waals surface area (Å²) in [4.78, 5) is 3.32. The van der Waals surface area contributed by atoms with Crippen LogP contribution in [-0.2, 0) is 0 Å². The van der Waals surface area contributed by atoms with E-state index in [0.29, 0.717) is 5.69 Å². The van der Waals surface area contributed by atoms with Crippen molar-refractivity contribution in [3.8, 4) is 11.5 Å². The van der Waals surface area contributed by atoms with Crippen molar-refractivity contribution in [2.45, 2.75) is 0 Å². The second-order valence-corrected chi connectivity index (χ2v) is 3.35. The molecule has 0 fully saturated rings. The first-order valence-electron chi connectivity index (χ1n) is 4.85. The van der Waals surface area contributed by atoms with Crippen molar-refractivity contribution in [1.29, 1.82) is 0 Å². The van der Waals surface area contributed by atoms with Crippen molar-refractivity contribution in [2.24, 2.45) is 0 Å². The Labute approximate surface area is 94.9 Å². The zero-order chi connectivity index (χ0) is 11.4. The van der Waals surface area contributed by atoms with Crippen molar-refractivity contribution in [2.75, 3.05) is 0 Å². The monoisotopic (exact) mass is 208 g/mol. The Balaban J connectivity index is 2.15. The minimum Gasteiger partial charge on any atom is -0.457 e. The Bertz CT molecular complexity index is 506. The van der Waals surface area contributed by atoms with E-state index in [1.165, 1.54) is 0 Å². The summed E-state index contributed by atoms with van der Waals surface area (Å²) in [6, 6.07) is 14.6. The van der Waals surface area contributed by atoms with Gasteiger partial charge in [-0.1, -0.05) is 24.3 Å². The largest absolute Gasteiger partial charge is 0.457 e. The lowest BCUT2D eigenvalue weighted by atomic mass is 10.2. The molecule has 2 heteroatoms. The Morgan fingerprint density at radius 1 is 0.875 bits per heavy atom.